The Balaban J connectivity index is 1.51. The molecule has 47 heavy (non-hydrogen) atoms. The molecule has 0 fully saturated rings. The van der Waals surface area contributed by atoms with Gasteiger partial charge >= 0.3 is 0 Å². The minimum Gasteiger partial charge on any atom is -0.306 e. The molecule has 10 heteroatoms. The van der Waals surface area contributed by atoms with Crippen molar-refractivity contribution in [1.29, 1.82) is 0 Å². The van der Waals surface area contributed by atoms with E-state index in [0.29, 0.717) is 51.3 Å². The van der Waals surface area contributed by atoms with Gasteiger partial charge in [-0.25, -0.2) is 0 Å². The maximum absolute atomic E-state index is 14.7. The zero-order valence-corrected chi connectivity index (χ0v) is 30.3. The lowest BCUT2D eigenvalue weighted by molar-refractivity contribution is -0.124. The molecule has 6 rings (SSSR count). The van der Waals surface area contributed by atoms with Crippen molar-refractivity contribution in [3.8, 4) is 19.5 Å². The van der Waals surface area contributed by atoms with Gasteiger partial charge in [-0.1, -0.05) is 53.4 Å². The van der Waals surface area contributed by atoms with Crippen LogP contribution in [0.1, 0.15) is 88.9 Å². The molecular weight excluding hydrogens is 665 g/mol. The van der Waals surface area contributed by atoms with Crippen LogP contribution < -0.4 is 0 Å². The molecule has 6 nitrogen and oxygen atoms in total. The fourth-order valence-corrected chi connectivity index (χ4v) is 10.1. The van der Waals surface area contributed by atoms with Gasteiger partial charge in [0.25, 0.3) is 11.8 Å². The van der Waals surface area contributed by atoms with Crippen LogP contribution in [0.2, 0.25) is 0 Å². The number of amides is 2. The van der Waals surface area contributed by atoms with Crippen LogP contribution in [-0.4, -0.2) is 47.3 Å². The molecule has 0 N–H and O–H groups in total. The number of carbonyl (C=O) groups excluding carboxylic acids is 4. The molecule has 0 aliphatic carbocycles. The molecule has 4 aromatic rings. The standard InChI is InChI=1S/C37H38N2O4S4/c1-5-8-9-23(7-3)19-39-35(31-17-15-29(47-31)27-13-11-25(21-41)45-27)33-32(37(39)43)34(38(36(33)42)18-22(4)6-2)30-16-14-28(46-30)26-12-10-24(20-40)44-26/h10-17,20-23H,5-9,18-19H2,1-4H3. The van der Waals surface area contributed by atoms with E-state index < -0.39 is 0 Å². The van der Waals surface area contributed by atoms with Gasteiger partial charge < -0.3 is 9.80 Å². The van der Waals surface area contributed by atoms with E-state index in [4.69, 9.17) is 0 Å². The third-order valence-corrected chi connectivity index (χ3v) is 13.6. The molecule has 0 aromatic carbocycles. The Labute approximate surface area is 292 Å². The Morgan fingerprint density at radius 3 is 1.49 bits per heavy atom. The van der Waals surface area contributed by atoms with E-state index in [0.717, 1.165) is 73.9 Å². The minimum absolute atomic E-state index is 0.108. The van der Waals surface area contributed by atoms with Crippen molar-refractivity contribution in [2.45, 2.75) is 59.8 Å². The molecule has 2 aliphatic heterocycles. The number of fused-ring (bicyclic) bond motifs is 1. The molecule has 0 radical (unpaired) electrons. The van der Waals surface area contributed by atoms with Crippen molar-refractivity contribution in [2.75, 3.05) is 13.1 Å². The van der Waals surface area contributed by atoms with Crippen LogP contribution in [0.5, 0.6) is 0 Å². The molecular formula is C37H38N2O4S4. The number of hydrogen-bond acceptors (Lipinski definition) is 8. The van der Waals surface area contributed by atoms with Crippen molar-refractivity contribution < 1.29 is 19.2 Å². The molecule has 0 saturated carbocycles. The fraction of sp³-hybridized carbons (Fsp3) is 0.351. The Bertz CT molecular complexity index is 1890. The number of thiophene rings is 4. The largest absolute Gasteiger partial charge is 0.306 e. The van der Waals surface area contributed by atoms with Crippen LogP contribution >= 0.6 is 45.3 Å². The summed E-state index contributed by atoms with van der Waals surface area (Å²) in [5.41, 5.74) is 2.41. The number of unbranched alkanes of at least 4 members (excludes halogenated alkanes) is 1. The number of carbonyl (C=O) groups is 4. The number of aldehydes is 2. The lowest BCUT2D eigenvalue weighted by Crippen LogP contribution is -2.34. The van der Waals surface area contributed by atoms with Crippen molar-refractivity contribution in [2.24, 2.45) is 11.8 Å². The summed E-state index contributed by atoms with van der Waals surface area (Å²) in [5.74, 6) is 0.331. The van der Waals surface area contributed by atoms with Gasteiger partial charge in [-0.15, -0.1) is 45.3 Å². The molecule has 0 bridgehead atoms. The second-order valence-corrected chi connectivity index (χ2v) is 16.6. The molecule has 0 spiro atoms. The van der Waals surface area contributed by atoms with Crippen LogP contribution in [-0.2, 0) is 9.59 Å². The Hall–Kier alpha value is -3.44. The SMILES string of the molecule is CCCCC(CC)CN1C(=O)C2=C(c3ccc(-c4ccc(C=O)s4)s3)N(CC(C)CC)C(=O)C2=C1c1ccc(-c2ccc(C=O)s2)s1. The lowest BCUT2D eigenvalue weighted by atomic mass is 9.98. The predicted molar refractivity (Wildman–Crippen MR) is 196 cm³/mol. The Morgan fingerprint density at radius 1 is 0.617 bits per heavy atom. The third kappa shape index (κ3) is 6.40. The van der Waals surface area contributed by atoms with Crippen molar-refractivity contribution >= 4 is 81.1 Å². The highest BCUT2D eigenvalue weighted by molar-refractivity contribution is 7.24. The first kappa shape index (κ1) is 33.5. The van der Waals surface area contributed by atoms with Crippen LogP contribution in [0.15, 0.2) is 59.7 Å². The van der Waals surface area contributed by atoms with E-state index in [9.17, 15) is 19.2 Å². The average molecular weight is 703 g/mol. The quantitative estimate of drug-likeness (QED) is 0.116. The zero-order valence-electron chi connectivity index (χ0n) is 27.0. The number of rotatable bonds is 15. The lowest BCUT2D eigenvalue weighted by Gasteiger charge is -2.28. The summed E-state index contributed by atoms with van der Waals surface area (Å²) < 4.78 is 0. The second-order valence-electron chi connectivity index (χ2n) is 12.2. The van der Waals surface area contributed by atoms with Gasteiger partial charge in [0.15, 0.2) is 12.6 Å². The van der Waals surface area contributed by atoms with E-state index >= 15 is 0 Å². The monoisotopic (exact) mass is 702 g/mol. The van der Waals surface area contributed by atoms with Gasteiger partial charge in [0, 0.05) is 32.6 Å². The van der Waals surface area contributed by atoms with E-state index in [2.05, 4.69) is 27.7 Å². The summed E-state index contributed by atoms with van der Waals surface area (Å²) in [6, 6.07) is 15.6. The molecule has 6 heterocycles. The van der Waals surface area contributed by atoms with Crippen LogP contribution in [0.25, 0.3) is 30.9 Å². The summed E-state index contributed by atoms with van der Waals surface area (Å²) in [6.07, 6.45) is 6.79. The molecule has 244 valence electrons. The highest BCUT2D eigenvalue weighted by Gasteiger charge is 2.50. The highest BCUT2D eigenvalue weighted by Crippen LogP contribution is 2.51. The van der Waals surface area contributed by atoms with Gasteiger partial charge in [0.2, 0.25) is 0 Å². The molecule has 4 aromatic heterocycles. The summed E-state index contributed by atoms with van der Waals surface area (Å²) >= 11 is 6.00. The van der Waals surface area contributed by atoms with E-state index in [1.165, 1.54) is 22.7 Å². The normalized spacial score (nSPS) is 16.1. The third-order valence-electron chi connectivity index (χ3n) is 9.01. The van der Waals surface area contributed by atoms with Gasteiger partial charge in [-0.2, -0.15) is 0 Å². The second kappa shape index (κ2) is 14.4. The van der Waals surface area contributed by atoms with Gasteiger partial charge in [0.1, 0.15) is 0 Å². The van der Waals surface area contributed by atoms with Crippen molar-refractivity contribution in [3.63, 3.8) is 0 Å². The fourth-order valence-electron chi connectivity index (χ4n) is 6.17. The first-order valence-corrected chi connectivity index (χ1v) is 19.5. The molecule has 2 unspecified atom stereocenters. The number of hydrogen-bond donors (Lipinski definition) is 0. The summed E-state index contributed by atoms with van der Waals surface area (Å²) in [7, 11) is 0. The first-order valence-electron chi connectivity index (χ1n) is 16.2. The highest BCUT2D eigenvalue weighted by atomic mass is 32.1. The van der Waals surface area contributed by atoms with Gasteiger partial charge in [-0.3, -0.25) is 19.2 Å². The summed E-state index contributed by atoms with van der Waals surface area (Å²) in [6.45, 7) is 9.70. The molecule has 2 aliphatic rings. The molecule has 2 atom stereocenters. The Morgan fingerprint density at radius 2 is 1.06 bits per heavy atom. The van der Waals surface area contributed by atoms with Crippen molar-refractivity contribution in [3.05, 3.63) is 79.2 Å². The van der Waals surface area contributed by atoms with Crippen LogP contribution in [0.3, 0.4) is 0 Å². The van der Waals surface area contributed by atoms with Crippen LogP contribution in [0, 0.1) is 11.8 Å². The summed E-state index contributed by atoms with van der Waals surface area (Å²) in [4.78, 5) is 63.0. The van der Waals surface area contributed by atoms with E-state index in [-0.39, 0.29) is 17.7 Å². The maximum Gasteiger partial charge on any atom is 0.261 e. The topological polar surface area (TPSA) is 74.8 Å². The predicted octanol–water partition coefficient (Wildman–Crippen LogP) is 9.96. The smallest absolute Gasteiger partial charge is 0.261 e. The van der Waals surface area contributed by atoms with E-state index in [1.54, 1.807) is 22.7 Å². The average Bonchev–Trinajstić information content (AvgIpc) is 3.93. The minimum atomic E-state index is -0.119. The zero-order chi connectivity index (χ0) is 33.2. The van der Waals surface area contributed by atoms with Crippen molar-refractivity contribution in [1.82, 2.24) is 9.80 Å². The Kier molecular flexibility index (Phi) is 10.2. The van der Waals surface area contributed by atoms with Crippen LogP contribution in [0.4, 0.5) is 0 Å². The molecule has 2 amide bonds. The van der Waals surface area contributed by atoms with Gasteiger partial charge in [-0.05, 0) is 66.8 Å². The first-order chi connectivity index (χ1) is 22.8. The number of nitrogens with zero attached hydrogens (tertiary/aromatic N) is 2. The van der Waals surface area contributed by atoms with Gasteiger partial charge in [0.05, 0.1) is 42.0 Å². The van der Waals surface area contributed by atoms with E-state index in [1.807, 2.05) is 58.3 Å². The molecule has 0 saturated heterocycles. The maximum atomic E-state index is 14.7. The summed E-state index contributed by atoms with van der Waals surface area (Å²) in [5, 5.41) is 0.